The van der Waals surface area contributed by atoms with Gasteiger partial charge in [0.25, 0.3) is 0 Å². The second-order valence-electron chi connectivity index (χ2n) is 4.64. The average molecular weight is 269 g/mol. The van der Waals surface area contributed by atoms with Crippen molar-refractivity contribution in [1.82, 2.24) is 9.29 Å². The molecule has 2 rings (SSSR count). The van der Waals surface area contributed by atoms with E-state index in [1.54, 1.807) is 10.5 Å². The number of pyridine rings is 1. The van der Waals surface area contributed by atoms with Gasteiger partial charge < -0.3 is 5.73 Å². The summed E-state index contributed by atoms with van der Waals surface area (Å²) in [4.78, 5) is 4.14. The molecule has 1 fully saturated rings. The highest BCUT2D eigenvalue weighted by atomic mass is 32.2. The SMILES string of the molecule is NCC1CCN(S(=O)(=O)CCc2ccccn2)C1. The van der Waals surface area contributed by atoms with E-state index in [1.165, 1.54) is 0 Å². The van der Waals surface area contributed by atoms with Crippen LogP contribution in [0, 0.1) is 5.92 Å². The Morgan fingerprint density at radius 1 is 1.44 bits per heavy atom. The van der Waals surface area contributed by atoms with Crippen LogP contribution in [0.1, 0.15) is 12.1 Å². The van der Waals surface area contributed by atoms with E-state index >= 15 is 0 Å². The van der Waals surface area contributed by atoms with Crippen molar-refractivity contribution in [3.8, 4) is 0 Å². The van der Waals surface area contributed by atoms with E-state index in [9.17, 15) is 8.42 Å². The number of aromatic nitrogens is 1. The topological polar surface area (TPSA) is 76.3 Å². The van der Waals surface area contributed by atoms with Gasteiger partial charge >= 0.3 is 0 Å². The molecule has 1 aliphatic rings. The molecule has 0 saturated carbocycles. The molecular formula is C12H19N3O2S. The molecule has 1 aromatic rings. The smallest absolute Gasteiger partial charge is 0.214 e. The fourth-order valence-electron chi connectivity index (χ4n) is 2.15. The van der Waals surface area contributed by atoms with Crippen LogP contribution in [0.2, 0.25) is 0 Å². The van der Waals surface area contributed by atoms with Crippen LogP contribution in [0.5, 0.6) is 0 Å². The summed E-state index contributed by atoms with van der Waals surface area (Å²) in [6.45, 7) is 1.74. The summed E-state index contributed by atoms with van der Waals surface area (Å²) in [6, 6.07) is 5.54. The van der Waals surface area contributed by atoms with Gasteiger partial charge in [-0.2, -0.15) is 0 Å². The van der Waals surface area contributed by atoms with E-state index in [0.29, 0.717) is 32.0 Å². The largest absolute Gasteiger partial charge is 0.330 e. The van der Waals surface area contributed by atoms with Crippen molar-refractivity contribution in [2.45, 2.75) is 12.8 Å². The lowest BCUT2D eigenvalue weighted by Crippen LogP contribution is -2.32. The van der Waals surface area contributed by atoms with Gasteiger partial charge in [-0.15, -0.1) is 0 Å². The summed E-state index contributed by atoms with van der Waals surface area (Å²) in [5, 5.41) is 0. The highest BCUT2D eigenvalue weighted by molar-refractivity contribution is 7.89. The predicted molar refractivity (Wildman–Crippen MR) is 70.5 cm³/mol. The molecule has 1 atom stereocenters. The monoisotopic (exact) mass is 269 g/mol. The lowest BCUT2D eigenvalue weighted by atomic mass is 10.1. The minimum absolute atomic E-state index is 0.126. The quantitative estimate of drug-likeness (QED) is 0.830. The minimum Gasteiger partial charge on any atom is -0.330 e. The van der Waals surface area contributed by atoms with Crippen LogP contribution in [-0.4, -0.2) is 43.1 Å². The van der Waals surface area contributed by atoms with E-state index < -0.39 is 10.0 Å². The molecule has 6 heteroatoms. The molecule has 0 spiro atoms. The number of nitrogens with zero attached hydrogens (tertiary/aromatic N) is 2. The first-order valence-electron chi connectivity index (χ1n) is 6.19. The predicted octanol–water partition coefficient (Wildman–Crippen LogP) is 0.235. The molecule has 0 aliphatic carbocycles. The zero-order valence-electron chi connectivity index (χ0n) is 10.3. The van der Waals surface area contributed by atoms with Crippen LogP contribution in [-0.2, 0) is 16.4 Å². The van der Waals surface area contributed by atoms with Gasteiger partial charge in [0.2, 0.25) is 10.0 Å². The van der Waals surface area contributed by atoms with Gasteiger partial charge in [-0.3, -0.25) is 4.98 Å². The lowest BCUT2D eigenvalue weighted by Gasteiger charge is -2.16. The van der Waals surface area contributed by atoms with E-state index in [-0.39, 0.29) is 5.75 Å². The first-order chi connectivity index (χ1) is 8.62. The first kappa shape index (κ1) is 13.5. The van der Waals surface area contributed by atoms with Crippen molar-refractivity contribution in [3.05, 3.63) is 30.1 Å². The van der Waals surface area contributed by atoms with E-state index in [2.05, 4.69) is 4.98 Å². The number of nitrogens with two attached hydrogens (primary N) is 1. The van der Waals surface area contributed by atoms with Crippen LogP contribution >= 0.6 is 0 Å². The molecule has 0 amide bonds. The Morgan fingerprint density at radius 2 is 2.28 bits per heavy atom. The van der Waals surface area contributed by atoms with Crippen LogP contribution < -0.4 is 5.73 Å². The second kappa shape index (κ2) is 5.77. The molecule has 1 aliphatic heterocycles. The van der Waals surface area contributed by atoms with Crippen molar-refractivity contribution in [2.75, 3.05) is 25.4 Å². The maximum Gasteiger partial charge on any atom is 0.214 e. The zero-order chi connectivity index (χ0) is 13.0. The number of sulfonamides is 1. The molecule has 18 heavy (non-hydrogen) atoms. The standard InChI is InChI=1S/C12H19N3O2S/c13-9-11-4-7-15(10-11)18(16,17)8-5-12-3-1-2-6-14-12/h1-3,6,11H,4-5,7-10,13H2. The molecule has 5 nitrogen and oxygen atoms in total. The first-order valence-corrected chi connectivity index (χ1v) is 7.80. The Labute approximate surface area is 108 Å². The minimum atomic E-state index is -3.16. The Balaban J connectivity index is 1.92. The maximum atomic E-state index is 12.1. The summed E-state index contributed by atoms with van der Waals surface area (Å²) in [5.74, 6) is 0.441. The third-order valence-corrected chi connectivity index (χ3v) is 5.16. The lowest BCUT2D eigenvalue weighted by molar-refractivity contribution is 0.458. The van der Waals surface area contributed by atoms with E-state index in [0.717, 1.165) is 12.1 Å². The van der Waals surface area contributed by atoms with Gasteiger partial charge in [0.15, 0.2) is 0 Å². The fraction of sp³-hybridized carbons (Fsp3) is 0.583. The number of hydrogen-bond donors (Lipinski definition) is 1. The van der Waals surface area contributed by atoms with Crippen molar-refractivity contribution >= 4 is 10.0 Å². The van der Waals surface area contributed by atoms with Crippen molar-refractivity contribution in [1.29, 1.82) is 0 Å². The van der Waals surface area contributed by atoms with Gasteiger partial charge in [0.1, 0.15) is 0 Å². The molecule has 2 N–H and O–H groups in total. The van der Waals surface area contributed by atoms with Crippen molar-refractivity contribution < 1.29 is 8.42 Å². The van der Waals surface area contributed by atoms with Crippen LogP contribution in [0.15, 0.2) is 24.4 Å². The zero-order valence-corrected chi connectivity index (χ0v) is 11.1. The average Bonchev–Trinajstić information content (AvgIpc) is 2.87. The van der Waals surface area contributed by atoms with E-state index in [4.69, 9.17) is 5.73 Å². The number of hydrogen-bond acceptors (Lipinski definition) is 4. The van der Waals surface area contributed by atoms with Gasteiger partial charge in [0, 0.05) is 31.4 Å². The van der Waals surface area contributed by atoms with E-state index in [1.807, 2.05) is 18.2 Å². The Bertz CT molecular complexity index is 475. The summed E-state index contributed by atoms with van der Waals surface area (Å²) in [7, 11) is -3.16. The molecular weight excluding hydrogens is 250 g/mol. The van der Waals surface area contributed by atoms with Crippen LogP contribution in [0.25, 0.3) is 0 Å². The Hall–Kier alpha value is -0.980. The Morgan fingerprint density at radius 3 is 2.89 bits per heavy atom. The normalized spacial score (nSPS) is 21.3. The van der Waals surface area contributed by atoms with Crippen molar-refractivity contribution in [3.63, 3.8) is 0 Å². The highest BCUT2D eigenvalue weighted by Gasteiger charge is 2.30. The van der Waals surface area contributed by atoms with Gasteiger partial charge in [0.05, 0.1) is 5.75 Å². The fourth-order valence-corrected chi connectivity index (χ4v) is 3.70. The van der Waals surface area contributed by atoms with Crippen LogP contribution in [0.4, 0.5) is 0 Å². The second-order valence-corrected chi connectivity index (χ2v) is 6.72. The summed E-state index contributed by atoms with van der Waals surface area (Å²) < 4.78 is 25.8. The summed E-state index contributed by atoms with van der Waals surface area (Å²) in [5.41, 5.74) is 6.39. The molecule has 0 radical (unpaired) electrons. The van der Waals surface area contributed by atoms with Gasteiger partial charge in [-0.25, -0.2) is 12.7 Å². The summed E-state index contributed by atoms with van der Waals surface area (Å²) in [6.07, 6.45) is 3.02. The van der Waals surface area contributed by atoms with Gasteiger partial charge in [-0.05, 0) is 31.0 Å². The maximum absolute atomic E-state index is 12.1. The molecule has 1 saturated heterocycles. The summed E-state index contributed by atoms with van der Waals surface area (Å²) >= 11 is 0. The molecule has 1 aromatic heterocycles. The third-order valence-electron chi connectivity index (χ3n) is 3.32. The molecule has 0 bridgehead atoms. The molecule has 0 aromatic carbocycles. The molecule has 2 heterocycles. The van der Waals surface area contributed by atoms with Crippen LogP contribution in [0.3, 0.4) is 0 Å². The Kier molecular flexibility index (Phi) is 4.31. The van der Waals surface area contributed by atoms with Gasteiger partial charge in [-0.1, -0.05) is 6.07 Å². The molecule has 1 unspecified atom stereocenters. The molecule has 100 valence electrons. The number of aryl methyl sites for hydroxylation is 1. The number of rotatable bonds is 5. The third kappa shape index (κ3) is 3.28. The highest BCUT2D eigenvalue weighted by Crippen LogP contribution is 2.19. The van der Waals surface area contributed by atoms with Crippen molar-refractivity contribution in [2.24, 2.45) is 11.7 Å².